The SMILES string of the molecule is CCCCN1C(=O)CNC(=O)C1(C)C. The standard InChI is InChI=1S/C10H18N2O2/c1-4-5-6-12-8(13)7-11-9(14)10(12,2)3/h4-7H2,1-3H3,(H,11,14). The Morgan fingerprint density at radius 1 is 1.43 bits per heavy atom. The molecule has 1 N–H and O–H groups in total. The van der Waals surface area contributed by atoms with Crippen LogP contribution in [0.1, 0.15) is 33.6 Å². The van der Waals surface area contributed by atoms with Crippen LogP contribution < -0.4 is 5.32 Å². The summed E-state index contributed by atoms with van der Waals surface area (Å²) in [6.45, 7) is 6.47. The number of nitrogens with one attached hydrogen (secondary N) is 1. The van der Waals surface area contributed by atoms with Gasteiger partial charge in [0.05, 0.1) is 6.54 Å². The van der Waals surface area contributed by atoms with Gasteiger partial charge in [0.2, 0.25) is 11.8 Å². The van der Waals surface area contributed by atoms with E-state index < -0.39 is 5.54 Å². The third kappa shape index (κ3) is 1.89. The van der Waals surface area contributed by atoms with Gasteiger partial charge in [-0.25, -0.2) is 0 Å². The van der Waals surface area contributed by atoms with Crippen molar-refractivity contribution in [3.8, 4) is 0 Å². The van der Waals surface area contributed by atoms with Crippen LogP contribution in [0.2, 0.25) is 0 Å². The van der Waals surface area contributed by atoms with E-state index in [1.54, 1.807) is 18.7 Å². The number of carbonyl (C=O) groups excluding carboxylic acids is 2. The quantitative estimate of drug-likeness (QED) is 0.719. The lowest BCUT2D eigenvalue weighted by molar-refractivity contribution is -0.151. The van der Waals surface area contributed by atoms with Crippen molar-refractivity contribution in [2.24, 2.45) is 0 Å². The fourth-order valence-corrected chi connectivity index (χ4v) is 1.62. The normalized spacial score (nSPS) is 20.9. The van der Waals surface area contributed by atoms with Gasteiger partial charge in [-0.2, -0.15) is 0 Å². The number of unbranched alkanes of at least 4 members (excludes halogenated alkanes) is 1. The molecule has 2 amide bonds. The molecule has 1 heterocycles. The molecule has 1 aliphatic rings. The molecule has 0 aromatic carbocycles. The average molecular weight is 198 g/mol. The summed E-state index contributed by atoms with van der Waals surface area (Å²) in [5.74, 6) is -0.0451. The summed E-state index contributed by atoms with van der Waals surface area (Å²) in [6.07, 6.45) is 1.98. The minimum absolute atomic E-state index is 0.0167. The summed E-state index contributed by atoms with van der Waals surface area (Å²) in [5.41, 5.74) is -0.690. The van der Waals surface area contributed by atoms with E-state index in [1.165, 1.54) is 0 Å². The van der Waals surface area contributed by atoms with Gasteiger partial charge in [-0.3, -0.25) is 9.59 Å². The summed E-state index contributed by atoms with van der Waals surface area (Å²) >= 11 is 0. The van der Waals surface area contributed by atoms with Gasteiger partial charge >= 0.3 is 0 Å². The Morgan fingerprint density at radius 3 is 2.64 bits per heavy atom. The third-order valence-electron chi connectivity index (χ3n) is 2.67. The number of piperazine rings is 1. The van der Waals surface area contributed by atoms with Crippen LogP contribution in [-0.2, 0) is 9.59 Å². The summed E-state index contributed by atoms with van der Waals surface area (Å²) < 4.78 is 0. The molecule has 0 atom stereocenters. The number of amides is 2. The number of hydrogen-bond donors (Lipinski definition) is 1. The highest BCUT2D eigenvalue weighted by Crippen LogP contribution is 2.18. The molecule has 80 valence electrons. The van der Waals surface area contributed by atoms with Crippen LogP contribution in [0, 0.1) is 0 Å². The molecule has 0 saturated carbocycles. The fourth-order valence-electron chi connectivity index (χ4n) is 1.62. The van der Waals surface area contributed by atoms with Crippen LogP contribution in [0.5, 0.6) is 0 Å². The second-order valence-corrected chi connectivity index (χ2v) is 4.14. The number of hydrogen-bond acceptors (Lipinski definition) is 2. The molecule has 1 fully saturated rings. The summed E-state index contributed by atoms with van der Waals surface area (Å²) in [7, 11) is 0. The lowest BCUT2D eigenvalue weighted by atomic mass is 9.98. The molecule has 0 unspecified atom stereocenters. The lowest BCUT2D eigenvalue weighted by Gasteiger charge is -2.41. The van der Waals surface area contributed by atoms with Crippen molar-refractivity contribution >= 4 is 11.8 Å². The molecule has 1 saturated heterocycles. The van der Waals surface area contributed by atoms with Gasteiger partial charge in [0, 0.05) is 6.54 Å². The van der Waals surface area contributed by atoms with E-state index in [0.29, 0.717) is 6.54 Å². The first-order chi connectivity index (χ1) is 6.50. The molecule has 1 aliphatic heterocycles. The zero-order valence-electron chi connectivity index (χ0n) is 9.09. The van der Waals surface area contributed by atoms with Gasteiger partial charge in [0.1, 0.15) is 5.54 Å². The minimum Gasteiger partial charge on any atom is -0.345 e. The molecule has 0 aliphatic carbocycles. The van der Waals surface area contributed by atoms with E-state index in [1.807, 2.05) is 0 Å². The van der Waals surface area contributed by atoms with Crippen molar-refractivity contribution in [2.75, 3.05) is 13.1 Å². The summed E-state index contributed by atoms with van der Waals surface area (Å²) in [4.78, 5) is 24.8. The van der Waals surface area contributed by atoms with Gasteiger partial charge in [-0.15, -0.1) is 0 Å². The van der Waals surface area contributed by atoms with Crippen LogP contribution in [0.15, 0.2) is 0 Å². The number of carbonyl (C=O) groups is 2. The van der Waals surface area contributed by atoms with Crippen LogP contribution in [-0.4, -0.2) is 35.3 Å². The van der Waals surface area contributed by atoms with E-state index in [9.17, 15) is 9.59 Å². The van der Waals surface area contributed by atoms with Crippen LogP contribution >= 0.6 is 0 Å². The zero-order chi connectivity index (χ0) is 10.8. The predicted octanol–water partition coefficient (Wildman–Crippen LogP) is 0.523. The first-order valence-electron chi connectivity index (χ1n) is 5.09. The maximum atomic E-state index is 11.6. The van der Waals surface area contributed by atoms with Crippen molar-refractivity contribution in [1.29, 1.82) is 0 Å². The van der Waals surface area contributed by atoms with E-state index >= 15 is 0 Å². The Balaban J connectivity index is 2.75. The Bertz CT molecular complexity index is 249. The molecule has 4 nitrogen and oxygen atoms in total. The highest BCUT2D eigenvalue weighted by Gasteiger charge is 2.40. The topological polar surface area (TPSA) is 49.4 Å². The van der Waals surface area contributed by atoms with Gasteiger partial charge in [0.15, 0.2) is 0 Å². The monoisotopic (exact) mass is 198 g/mol. The second kappa shape index (κ2) is 3.98. The Morgan fingerprint density at radius 2 is 2.07 bits per heavy atom. The van der Waals surface area contributed by atoms with Crippen LogP contribution in [0.4, 0.5) is 0 Å². The van der Waals surface area contributed by atoms with Crippen LogP contribution in [0.3, 0.4) is 0 Å². The number of rotatable bonds is 3. The van der Waals surface area contributed by atoms with Crippen molar-refractivity contribution in [3.63, 3.8) is 0 Å². The fraction of sp³-hybridized carbons (Fsp3) is 0.800. The Labute approximate surface area is 84.7 Å². The molecule has 0 aromatic rings. The van der Waals surface area contributed by atoms with Gasteiger partial charge < -0.3 is 10.2 Å². The predicted molar refractivity (Wildman–Crippen MR) is 53.7 cm³/mol. The smallest absolute Gasteiger partial charge is 0.245 e. The lowest BCUT2D eigenvalue weighted by Crippen LogP contribution is -2.64. The molecule has 0 radical (unpaired) electrons. The average Bonchev–Trinajstić information content (AvgIpc) is 2.12. The molecular formula is C10H18N2O2. The van der Waals surface area contributed by atoms with E-state index in [4.69, 9.17) is 0 Å². The van der Waals surface area contributed by atoms with E-state index in [2.05, 4.69) is 12.2 Å². The van der Waals surface area contributed by atoms with Crippen molar-refractivity contribution in [1.82, 2.24) is 10.2 Å². The van der Waals surface area contributed by atoms with E-state index in [-0.39, 0.29) is 18.4 Å². The third-order valence-corrected chi connectivity index (χ3v) is 2.67. The van der Waals surface area contributed by atoms with E-state index in [0.717, 1.165) is 12.8 Å². The second-order valence-electron chi connectivity index (χ2n) is 4.14. The number of nitrogens with zero attached hydrogens (tertiary/aromatic N) is 1. The Kier molecular flexibility index (Phi) is 3.13. The maximum Gasteiger partial charge on any atom is 0.245 e. The van der Waals surface area contributed by atoms with Gasteiger partial charge in [-0.1, -0.05) is 13.3 Å². The molecule has 0 aromatic heterocycles. The van der Waals surface area contributed by atoms with Crippen molar-refractivity contribution in [3.05, 3.63) is 0 Å². The largest absolute Gasteiger partial charge is 0.345 e. The molecular weight excluding hydrogens is 180 g/mol. The van der Waals surface area contributed by atoms with Gasteiger partial charge in [0.25, 0.3) is 0 Å². The first kappa shape index (κ1) is 11.0. The van der Waals surface area contributed by atoms with Crippen molar-refractivity contribution in [2.45, 2.75) is 39.2 Å². The summed E-state index contributed by atoms with van der Waals surface area (Å²) in [6, 6.07) is 0. The molecule has 14 heavy (non-hydrogen) atoms. The maximum absolute atomic E-state index is 11.6. The zero-order valence-corrected chi connectivity index (χ0v) is 9.09. The molecule has 0 spiro atoms. The highest BCUT2D eigenvalue weighted by atomic mass is 16.2. The molecule has 1 rings (SSSR count). The minimum atomic E-state index is -0.690. The molecule has 4 heteroatoms. The summed E-state index contributed by atoms with van der Waals surface area (Å²) in [5, 5.41) is 2.60. The molecule has 0 bridgehead atoms. The van der Waals surface area contributed by atoms with Gasteiger partial charge in [-0.05, 0) is 20.3 Å². The highest BCUT2D eigenvalue weighted by molar-refractivity contribution is 5.97. The Hall–Kier alpha value is -1.06. The van der Waals surface area contributed by atoms with Crippen molar-refractivity contribution < 1.29 is 9.59 Å². The first-order valence-corrected chi connectivity index (χ1v) is 5.09. The van der Waals surface area contributed by atoms with Crippen LogP contribution in [0.25, 0.3) is 0 Å².